The molecule has 0 aliphatic carbocycles. The van der Waals surface area contributed by atoms with Crippen LogP contribution in [0.1, 0.15) is 88.7 Å². The van der Waals surface area contributed by atoms with Gasteiger partial charge in [0.15, 0.2) is 5.82 Å². The Kier molecular flexibility index (Phi) is 13.9. The van der Waals surface area contributed by atoms with E-state index in [1.807, 2.05) is 6.07 Å². The van der Waals surface area contributed by atoms with E-state index < -0.39 is 23.6 Å². The highest BCUT2D eigenvalue weighted by Crippen LogP contribution is 2.40. The van der Waals surface area contributed by atoms with Crippen molar-refractivity contribution >= 4 is 56.0 Å². The van der Waals surface area contributed by atoms with Gasteiger partial charge in [0.2, 0.25) is 11.8 Å². The number of carbonyl (C=O) groups is 2. The number of amides is 2. The van der Waals surface area contributed by atoms with E-state index >= 15 is 8.78 Å². The topological polar surface area (TPSA) is 166 Å². The quantitative estimate of drug-likeness (QED) is 0.0624. The number of halogens is 2. The van der Waals surface area contributed by atoms with Crippen molar-refractivity contribution in [1.82, 2.24) is 44.5 Å². The number of piperazine rings is 1. The molecule has 0 saturated carbocycles. The molecular weight excluding hydrogens is 969 g/mol. The van der Waals surface area contributed by atoms with Crippen LogP contribution in [0.25, 0.3) is 44.0 Å². The molecule has 3 unspecified atom stereocenters. The summed E-state index contributed by atoms with van der Waals surface area (Å²) in [5, 5.41) is 17.9. The first-order valence-electron chi connectivity index (χ1n) is 27.6. The molecule has 76 heavy (non-hydrogen) atoms. The molecule has 12 rings (SSSR count). The van der Waals surface area contributed by atoms with Crippen LogP contribution in [0.5, 0.6) is 11.8 Å². The molecule has 0 spiro atoms. The molecule has 6 saturated heterocycles. The van der Waals surface area contributed by atoms with Crippen LogP contribution in [0.4, 0.5) is 20.3 Å². The molecule has 6 fully saturated rings. The first kappa shape index (κ1) is 50.2. The van der Waals surface area contributed by atoms with E-state index in [2.05, 4.69) is 58.3 Å². The number of ether oxygens (including phenoxy) is 1. The number of phenolic OH excluding ortho intramolecular Hbond substituents is 1. The van der Waals surface area contributed by atoms with E-state index in [-0.39, 0.29) is 57.5 Å². The van der Waals surface area contributed by atoms with Crippen molar-refractivity contribution in [3.63, 3.8) is 0 Å². The highest BCUT2D eigenvalue weighted by molar-refractivity contribution is 6.03. The number of fused-ring (bicyclic) bond motifs is 5. The molecule has 3 N–H and O–H groups in total. The van der Waals surface area contributed by atoms with E-state index in [1.165, 1.54) is 69.5 Å². The van der Waals surface area contributed by atoms with Gasteiger partial charge < -0.3 is 34.8 Å². The molecule has 3 aromatic heterocycles. The molecule has 16 nitrogen and oxygen atoms in total. The maximum Gasteiger partial charge on any atom is 0.329 e. The van der Waals surface area contributed by atoms with Crippen molar-refractivity contribution in [2.24, 2.45) is 24.8 Å². The molecule has 3 aromatic carbocycles. The van der Waals surface area contributed by atoms with E-state index in [0.29, 0.717) is 60.7 Å². The summed E-state index contributed by atoms with van der Waals surface area (Å²) in [6, 6.07) is 11.7. The van der Waals surface area contributed by atoms with Gasteiger partial charge in [0, 0.05) is 87.7 Å². The predicted octanol–water partition coefficient (Wildman–Crippen LogP) is 6.88. The monoisotopic (exact) mass is 1040 g/mol. The average molecular weight is 1040 g/mol. The molecule has 9 heterocycles. The van der Waals surface area contributed by atoms with Crippen LogP contribution in [0.2, 0.25) is 0 Å². The van der Waals surface area contributed by atoms with Crippen molar-refractivity contribution < 1.29 is 28.2 Å². The fourth-order valence-corrected chi connectivity index (χ4v) is 13.5. The van der Waals surface area contributed by atoms with Gasteiger partial charge in [0.05, 0.1) is 28.6 Å². The zero-order valence-electron chi connectivity index (χ0n) is 43.3. The van der Waals surface area contributed by atoms with Gasteiger partial charge in [-0.2, -0.15) is 9.97 Å². The number of anilines is 2. The number of imide groups is 1. The van der Waals surface area contributed by atoms with Crippen LogP contribution >= 0.6 is 0 Å². The number of carbonyl (C=O) groups excluding carboxylic acids is 2. The minimum absolute atomic E-state index is 0.0335. The lowest BCUT2D eigenvalue weighted by Gasteiger charge is -2.39. The molecule has 6 aliphatic heterocycles. The van der Waals surface area contributed by atoms with Gasteiger partial charge in [0.1, 0.15) is 34.6 Å². The molecule has 398 valence electrons. The molecule has 2 amide bonds. The largest absolute Gasteiger partial charge is 0.508 e. The van der Waals surface area contributed by atoms with Gasteiger partial charge in [-0.1, -0.05) is 12.0 Å². The maximum atomic E-state index is 17.0. The van der Waals surface area contributed by atoms with Crippen molar-refractivity contribution in [1.29, 1.82) is 0 Å². The number of benzene rings is 3. The molecule has 18 heteroatoms. The molecular formula is C58H67F2N11O5. The van der Waals surface area contributed by atoms with Crippen molar-refractivity contribution in [3.05, 3.63) is 76.3 Å². The zero-order valence-corrected chi connectivity index (χ0v) is 43.3. The lowest BCUT2D eigenvalue weighted by atomic mass is 9.82. The summed E-state index contributed by atoms with van der Waals surface area (Å²) in [5.74, 6) is 3.00. The van der Waals surface area contributed by atoms with Gasteiger partial charge in [-0.25, -0.2) is 13.6 Å². The first-order valence-corrected chi connectivity index (χ1v) is 27.6. The minimum atomic E-state index is -0.725. The Morgan fingerprint density at radius 1 is 0.816 bits per heavy atom. The number of nitrogens with one attached hydrogen (secondary N) is 2. The van der Waals surface area contributed by atoms with Crippen molar-refractivity contribution in [2.45, 2.75) is 95.2 Å². The number of aromatic nitrogens is 5. The van der Waals surface area contributed by atoms with Gasteiger partial charge in [-0.05, 0) is 156 Å². The fraction of sp³-hybridized carbons (Fsp3) is 0.517. The summed E-state index contributed by atoms with van der Waals surface area (Å²) in [5.41, 5.74) is 2.45. The lowest BCUT2D eigenvalue weighted by Crippen LogP contribution is -2.51. The van der Waals surface area contributed by atoms with E-state index in [1.54, 1.807) is 22.4 Å². The summed E-state index contributed by atoms with van der Waals surface area (Å²) in [6.45, 7) is 10.3. The summed E-state index contributed by atoms with van der Waals surface area (Å²) < 4.78 is 41.4. The van der Waals surface area contributed by atoms with E-state index in [9.17, 15) is 19.5 Å². The maximum absolute atomic E-state index is 17.0. The van der Waals surface area contributed by atoms with Gasteiger partial charge >= 0.3 is 11.7 Å². The number of nitrogens with zero attached hydrogens (tertiary/aromatic N) is 9. The third-order valence-electron chi connectivity index (χ3n) is 17.6. The summed E-state index contributed by atoms with van der Waals surface area (Å²) >= 11 is 0. The Morgan fingerprint density at radius 3 is 2.26 bits per heavy atom. The highest BCUT2D eigenvalue weighted by atomic mass is 19.1. The molecule has 3 atom stereocenters. The SMILES string of the molecule is C#Cc1c(F)ccc2cc(O)cc(-c3ncc4c(N5CC6CCC(C5)N6)nc(OCCCN5CCC(CC6CCN(CC7CCN(c8ccc9c(c8)n(C)c(=O)n9C8CCC(=O)NC8=O)CC7)CC6)CC5)nc4c3F)c12. The van der Waals surface area contributed by atoms with Gasteiger partial charge in [-0.3, -0.25) is 29.0 Å². The third kappa shape index (κ3) is 9.86. The van der Waals surface area contributed by atoms with Gasteiger partial charge in [0.25, 0.3) is 0 Å². The summed E-state index contributed by atoms with van der Waals surface area (Å²) in [7, 11) is 1.75. The van der Waals surface area contributed by atoms with E-state index in [0.717, 1.165) is 99.9 Å². The Morgan fingerprint density at radius 2 is 1.54 bits per heavy atom. The minimum Gasteiger partial charge on any atom is -0.508 e. The van der Waals surface area contributed by atoms with E-state index in [4.69, 9.17) is 16.1 Å². The number of pyridine rings is 1. The fourth-order valence-electron chi connectivity index (χ4n) is 13.5. The normalized spacial score (nSPS) is 22.5. The van der Waals surface area contributed by atoms with Crippen molar-refractivity contribution in [3.8, 4) is 35.4 Å². The second-order valence-electron chi connectivity index (χ2n) is 22.5. The smallest absolute Gasteiger partial charge is 0.329 e. The van der Waals surface area contributed by atoms with Crippen molar-refractivity contribution in [2.75, 3.05) is 81.9 Å². The lowest BCUT2D eigenvalue weighted by molar-refractivity contribution is -0.135. The van der Waals surface area contributed by atoms with Crippen LogP contribution < -0.4 is 30.9 Å². The number of likely N-dealkylation sites (tertiary alicyclic amines) is 2. The highest BCUT2D eigenvalue weighted by Gasteiger charge is 2.36. The number of piperidine rings is 4. The number of phenols is 1. The van der Waals surface area contributed by atoms with Crippen LogP contribution in [0.3, 0.4) is 0 Å². The zero-order chi connectivity index (χ0) is 52.2. The Hall–Kier alpha value is -6.68. The first-order chi connectivity index (χ1) is 36.9. The summed E-state index contributed by atoms with van der Waals surface area (Å²) in [4.78, 5) is 61.7. The second-order valence-corrected chi connectivity index (χ2v) is 22.5. The third-order valence-corrected chi connectivity index (χ3v) is 17.6. The van der Waals surface area contributed by atoms with Crippen LogP contribution in [0, 0.1) is 41.7 Å². The Bertz CT molecular complexity index is 3300. The van der Waals surface area contributed by atoms with Crippen LogP contribution in [-0.2, 0) is 16.6 Å². The Labute approximate surface area is 440 Å². The molecule has 0 radical (unpaired) electrons. The molecule has 6 aliphatic rings. The number of aryl methyl sites for hydroxylation is 1. The summed E-state index contributed by atoms with van der Waals surface area (Å²) in [6.07, 6.45) is 19.3. The Balaban J connectivity index is 0.610. The number of imidazole rings is 1. The van der Waals surface area contributed by atoms with Crippen LogP contribution in [0.15, 0.2) is 53.5 Å². The number of hydrogen-bond acceptors (Lipinski definition) is 13. The van der Waals surface area contributed by atoms with Crippen LogP contribution in [-0.4, -0.2) is 135 Å². The second kappa shape index (κ2) is 21.0. The standard InChI is InChI=1S/C58H67F2N11O5/c1-3-43-46(59)9-5-38-28-42(72)30-44(51(38)43)53-52(60)54-45(31-61-53)55(70-33-39-6-7-40(34-70)62-39)65-57(64-54)76-26-4-19-67-20-13-35(14-21-67)27-36-15-22-68(23-16-36)32-37-17-24-69(25-18-37)41-8-10-47-49(29-41)66(2)58(75)71(47)48-11-12-50(73)63-56(48)74/h1,5,8-10,28-31,35-37,39-40,48,62,72H,4,6-7,11-27,32-34H2,2H3,(H,63,73,74). The molecule has 2 bridgehead atoms. The number of rotatable bonds is 13. The number of terminal acetylenes is 1. The number of hydrogen-bond donors (Lipinski definition) is 3. The average Bonchev–Trinajstić information content (AvgIpc) is 3.89. The molecule has 6 aromatic rings. The number of aromatic hydroxyl groups is 1. The van der Waals surface area contributed by atoms with Gasteiger partial charge in [-0.15, -0.1) is 6.42 Å². The predicted molar refractivity (Wildman–Crippen MR) is 289 cm³/mol.